The van der Waals surface area contributed by atoms with Crippen LogP contribution in [0, 0.1) is 10.8 Å². The van der Waals surface area contributed by atoms with Crippen molar-refractivity contribution in [2.24, 2.45) is 10.8 Å². The molecule has 2 aliphatic heterocycles. The Morgan fingerprint density at radius 1 is 0.708 bits per heavy atom. The van der Waals surface area contributed by atoms with E-state index in [1.165, 1.54) is 51.9 Å². The summed E-state index contributed by atoms with van der Waals surface area (Å²) in [7, 11) is 0. The molecule has 0 N–H and O–H groups in total. The maximum absolute atomic E-state index is 6.42. The molecule has 2 heterocycles. The van der Waals surface area contributed by atoms with Crippen LogP contribution >= 0.6 is 23.2 Å². The van der Waals surface area contributed by atoms with E-state index in [1.54, 1.807) is 0 Å². The molecule has 2 fully saturated rings. The van der Waals surface area contributed by atoms with E-state index >= 15 is 0 Å². The molecule has 142 valence electrons. The van der Waals surface area contributed by atoms with Gasteiger partial charge in [0, 0.05) is 36.9 Å². The van der Waals surface area contributed by atoms with E-state index in [0.717, 1.165) is 25.9 Å². The molecule has 0 spiro atoms. The quantitative estimate of drug-likeness (QED) is 0.443. The molecule has 2 aliphatic rings. The number of likely N-dealkylation sites (tertiary alicyclic amines) is 2. The van der Waals surface area contributed by atoms with Gasteiger partial charge in [-0.05, 0) is 49.6 Å². The summed E-state index contributed by atoms with van der Waals surface area (Å²) in [4.78, 5) is 5.15. The maximum Gasteiger partial charge on any atom is 0.0468 e. The summed E-state index contributed by atoms with van der Waals surface area (Å²) in [5.41, 5.74) is 0.758. The summed E-state index contributed by atoms with van der Waals surface area (Å²) < 4.78 is 0. The summed E-state index contributed by atoms with van der Waals surface area (Å²) in [5, 5.41) is 0.666. The minimum Gasteiger partial charge on any atom is -0.301 e. The highest BCUT2D eigenvalue weighted by Crippen LogP contribution is 2.32. The van der Waals surface area contributed by atoms with Crippen molar-refractivity contribution in [3.05, 3.63) is 0 Å². The number of hydrogen-bond donors (Lipinski definition) is 0. The van der Waals surface area contributed by atoms with Crippen LogP contribution in [-0.2, 0) is 0 Å². The largest absolute Gasteiger partial charge is 0.301 e. The Morgan fingerprint density at radius 2 is 1.08 bits per heavy atom. The second kappa shape index (κ2) is 8.93. The number of rotatable bonds is 7. The van der Waals surface area contributed by atoms with Crippen molar-refractivity contribution in [1.82, 2.24) is 9.80 Å². The number of alkyl halides is 2. The standard InChI is InChI=1S/C20H38Cl2N2/c1-19(2)11-17(21)13-23(15-19)9-7-5-6-8-10-24-14-18(22)12-20(3,4)16-24/h17-18H,5-16H2,1-4H3. The highest BCUT2D eigenvalue weighted by atomic mass is 35.5. The van der Waals surface area contributed by atoms with Crippen molar-refractivity contribution in [3.8, 4) is 0 Å². The van der Waals surface area contributed by atoms with Crippen LogP contribution in [0.4, 0.5) is 0 Å². The van der Waals surface area contributed by atoms with Gasteiger partial charge in [-0.3, -0.25) is 0 Å². The van der Waals surface area contributed by atoms with Gasteiger partial charge in [0.1, 0.15) is 0 Å². The smallest absolute Gasteiger partial charge is 0.0468 e. The van der Waals surface area contributed by atoms with Crippen LogP contribution in [0.3, 0.4) is 0 Å². The summed E-state index contributed by atoms with van der Waals surface area (Å²) in [6.45, 7) is 16.4. The Kier molecular flexibility index (Phi) is 7.74. The zero-order valence-electron chi connectivity index (χ0n) is 16.3. The molecule has 0 aliphatic carbocycles. The number of nitrogens with zero attached hydrogens (tertiary/aromatic N) is 2. The van der Waals surface area contributed by atoms with Crippen molar-refractivity contribution >= 4 is 23.2 Å². The molecular formula is C20H38Cl2N2. The molecular weight excluding hydrogens is 339 g/mol. The second-order valence-corrected chi connectivity index (χ2v) is 11.1. The fourth-order valence-corrected chi connectivity index (χ4v) is 5.95. The van der Waals surface area contributed by atoms with Gasteiger partial charge < -0.3 is 9.80 Å². The molecule has 0 bridgehead atoms. The Bertz CT molecular complexity index is 348. The van der Waals surface area contributed by atoms with Crippen molar-refractivity contribution < 1.29 is 0 Å². The minimum absolute atomic E-state index is 0.333. The molecule has 2 rings (SSSR count). The molecule has 24 heavy (non-hydrogen) atoms. The predicted molar refractivity (Wildman–Crippen MR) is 107 cm³/mol. The lowest BCUT2D eigenvalue weighted by Gasteiger charge is -2.41. The zero-order chi connectivity index (χ0) is 17.8. The fourth-order valence-electron chi connectivity index (χ4n) is 4.72. The molecule has 4 heteroatoms. The SMILES string of the molecule is CC1(C)CC(Cl)CN(CCCCCCN2CC(Cl)CC(C)(C)C2)C1. The first-order valence-corrected chi connectivity index (χ1v) is 10.8. The van der Waals surface area contributed by atoms with Crippen molar-refractivity contribution in [2.45, 2.75) is 77.0 Å². The summed E-state index contributed by atoms with van der Waals surface area (Å²) in [6, 6.07) is 0. The van der Waals surface area contributed by atoms with Gasteiger partial charge in [0.15, 0.2) is 0 Å². The third-order valence-corrected chi connectivity index (χ3v) is 6.05. The molecule has 2 nitrogen and oxygen atoms in total. The van der Waals surface area contributed by atoms with Crippen LogP contribution in [0.25, 0.3) is 0 Å². The maximum atomic E-state index is 6.42. The van der Waals surface area contributed by atoms with Gasteiger partial charge in [0.25, 0.3) is 0 Å². The number of hydrogen-bond acceptors (Lipinski definition) is 2. The van der Waals surface area contributed by atoms with Gasteiger partial charge in [-0.15, -0.1) is 23.2 Å². The average molecular weight is 377 g/mol. The second-order valence-electron chi connectivity index (χ2n) is 9.82. The van der Waals surface area contributed by atoms with Crippen molar-refractivity contribution in [2.75, 3.05) is 39.3 Å². The Balaban J connectivity index is 1.55. The van der Waals surface area contributed by atoms with Crippen molar-refractivity contribution in [1.29, 1.82) is 0 Å². The Labute approximate surface area is 160 Å². The van der Waals surface area contributed by atoms with E-state index in [0.29, 0.717) is 21.6 Å². The molecule has 0 aromatic rings. The number of halogens is 2. The zero-order valence-corrected chi connectivity index (χ0v) is 17.8. The molecule has 0 aromatic carbocycles. The highest BCUT2D eigenvalue weighted by Gasteiger charge is 2.32. The molecule has 0 saturated carbocycles. The lowest BCUT2D eigenvalue weighted by molar-refractivity contribution is 0.115. The molecule has 2 saturated heterocycles. The molecule has 0 amide bonds. The van der Waals surface area contributed by atoms with Crippen LogP contribution < -0.4 is 0 Å². The van der Waals surface area contributed by atoms with Gasteiger partial charge >= 0.3 is 0 Å². The van der Waals surface area contributed by atoms with Crippen LogP contribution in [0.2, 0.25) is 0 Å². The number of piperidine rings is 2. The van der Waals surface area contributed by atoms with E-state index in [2.05, 4.69) is 37.5 Å². The molecule has 2 atom stereocenters. The van der Waals surface area contributed by atoms with Gasteiger partial charge in [0.05, 0.1) is 0 Å². The minimum atomic E-state index is 0.333. The third kappa shape index (κ3) is 7.40. The first-order valence-electron chi connectivity index (χ1n) is 9.88. The molecule has 0 radical (unpaired) electrons. The van der Waals surface area contributed by atoms with Crippen molar-refractivity contribution in [3.63, 3.8) is 0 Å². The Hall–Kier alpha value is 0.500. The van der Waals surface area contributed by atoms with E-state index < -0.39 is 0 Å². The van der Waals surface area contributed by atoms with Crippen LogP contribution in [0.1, 0.15) is 66.2 Å². The van der Waals surface area contributed by atoms with Crippen LogP contribution in [0.5, 0.6) is 0 Å². The van der Waals surface area contributed by atoms with E-state index in [9.17, 15) is 0 Å². The first kappa shape index (κ1) is 20.8. The monoisotopic (exact) mass is 376 g/mol. The molecule has 0 aromatic heterocycles. The highest BCUT2D eigenvalue weighted by molar-refractivity contribution is 6.21. The Morgan fingerprint density at radius 3 is 1.42 bits per heavy atom. The third-order valence-electron chi connectivity index (χ3n) is 5.46. The van der Waals surface area contributed by atoms with Gasteiger partial charge in [-0.1, -0.05) is 40.5 Å². The van der Waals surface area contributed by atoms with Gasteiger partial charge in [-0.2, -0.15) is 0 Å². The topological polar surface area (TPSA) is 6.48 Å². The summed E-state index contributed by atoms with van der Waals surface area (Å²) >= 11 is 12.8. The average Bonchev–Trinajstić information content (AvgIpc) is 2.38. The molecule has 2 unspecified atom stereocenters. The number of unbranched alkanes of at least 4 members (excludes halogenated alkanes) is 3. The predicted octanol–water partition coefficient (Wildman–Crippen LogP) is 5.23. The first-order chi connectivity index (χ1) is 11.2. The van der Waals surface area contributed by atoms with E-state index in [-0.39, 0.29) is 0 Å². The van der Waals surface area contributed by atoms with Crippen LogP contribution in [-0.4, -0.2) is 59.8 Å². The van der Waals surface area contributed by atoms with Crippen LogP contribution in [0.15, 0.2) is 0 Å². The normalized spacial score (nSPS) is 31.2. The summed E-state index contributed by atoms with van der Waals surface area (Å²) in [6.07, 6.45) is 7.60. The van der Waals surface area contributed by atoms with E-state index in [1.807, 2.05) is 0 Å². The van der Waals surface area contributed by atoms with Gasteiger partial charge in [0.2, 0.25) is 0 Å². The fraction of sp³-hybridized carbons (Fsp3) is 1.00. The van der Waals surface area contributed by atoms with Gasteiger partial charge in [-0.25, -0.2) is 0 Å². The lowest BCUT2D eigenvalue weighted by Crippen LogP contribution is -2.45. The van der Waals surface area contributed by atoms with E-state index in [4.69, 9.17) is 23.2 Å². The lowest BCUT2D eigenvalue weighted by atomic mass is 9.83. The summed E-state index contributed by atoms with van der Waals surface area (Å²) in [5.74, 6) is 0.